The first-order valence-electron chi connectivity index (χ1n) is 7.49. The molecule has 0 saturated carbocycles. The average molecular weight is 360 g/mol. The van der Waals surface area contributed by atoms with Crippen LogP contribution in [0.4, 0.5) is 18.9 Å². The van der Waals surface area contributed by atoms with E-state index in [9.17, 15) is 23.2 Å². The fourth-order valence-electron chi connectivity index (χ4n) is 2.28. The standard InChI is InChI=1S/C19H15F3N2O2/c1-12-8-13(6-7-17(12)26-2)9-14(11-23)18(25)24-16-5-3-4-15(10-16)19(20,21)22/h3-10H,1-2H3,(H,24,25)/b14-9+. The number of aryl methyl sites for hydroxylation is 1. The van der Waals surface area contributed by atoms with Crippen molar-refractivity contribution >= 4 is 17.7 Å². The number of nitrogens with one attached hydrogen (secondary N) is 1. The Morgan fingerprint density at radius 1 is 1.23 bits per heavy atom. The highest BCUT2D eigenvalue weighted by atomic mass is 19.4. The quantitative estimate of drug-likeness (QED) is 0.642. The maximum Gasteiger partial charge on any atom is 0.416 e. The van der Waals surface area contributed by atoms with Crippen LogP contribution in [0.2, 0.25) is 0 Å². The average Bonchev–Trinajstić information content (AvgIpc) is 2.59. The van der Waals surface area contributed by atoms with E-state index in [0.717, 1.165) is 17.7 Å². The van der Waals surface area contributed by atoms with Crippen molar-refractivity contribution in [3.63, 3.8) is 0 Å². The summed E-state index contributed by atoms with van der Waals surface area (Å²) < 4.78 is 43.3. The number of hydrogen-bond acceptors (Lipinski definition) is 3. The number of carbonyl (C=O) groups is 1. The Bertz CT molecular complexity index is 896. The lowest BCUT2D eigenvalue weighted by molar-refractivity contribution is -0.137. The Balaban J connectivity index is 2.24. The summed E-state index contributed by atoms with van der Waals surface area (Å²) in [6, 6.07) is 11.1. The van der Waals surface area contributed by atoms with E-state index in [-0.39, 0.29) is 11.3 Å². The molecule has 0 bridgehead atoms. The number of methoxy groups -OCH3 is 1. The van der Waals surface area contributed by atoms with Crippen molar-refractivity contribution < 1.29 is 22.7 Å². The fraction of sp³-hybridized carbons (Fsp3) is 0.158. The van der Waals surface area contributed by atoms with Crippen LogP contribution in [0, 0.1) is 18.3 Å². The number of hydrogen-bond donors (Lipinski definition) is 1. The normalized spacial score (nSPS) is 11.6. The first-order valence-corrected chi connectivity index (χ1v) is 7.49. The van der Waals surface area contributed by atoms with Gasteiger partial charge in [-0.1, -0.05) is 12.1 Å². The van der Waals surface area contributed by atoms with Crippen molar-refractivity contribution in [3.05, 3.63) is 64.7 Å². The summed E-state index contributed by atoms with van der Waals surface area (Å²) in [6.07, 6.45) is -3.16. The van der Waals surface area contributed by atoms with Crippen LogP contribution in [0.15, 0.2) is 48.0 Å². The van der Waals surface area contributed by atoms with E-state index < -0.39 is 17.6 Å². The van der Waals surface area contributed by atoms with Gasteiger partial charge in [0.2, 0.25) is 0 Å². The smallest absolute Gasteiger partial charge is 0.416 e. The monoisotopic (exact) mass is 360 g/mol. The van der Waals surface area contributed by atoms with Gasteiger partial charge in [0.05, 0.1) is 12.7 Å². The van der Waals surface area contributed by atoms with Gasteiger partial charge in [-0.25, -0.2) is 0 Å². The van der Waals surface area contributed by atoms with Gasteiger partial charge < -0.3 is 10.1 Å². The highest BCUT2D eigenvalue weighted by molar-refractivity contribution is 6.09. The summed E-state index contributed by atoms with van der Waals surface area (Å²) in [6.45, 7) is 1.81. The van der Waals surface area contributed by atoms with Gasteiger partial charge in [-0.2, -0.15) is 18.4 Å². The van der Waals surface area contributed by atoms with Crippen LogP contribution in [0.3, 0.4) is 0 Å². The van der Waals surface area contributed by atoms with Gasteiger partial charge in [-0.3, -0.25) is 4.79 Å². The Morgan fingerprint density at radius 3 is 2.54 bits per heavy atom. The van der Waals surface area contributed by atoms with E-state index in [1.807, 2.05) is 6.92 Å². The first kappa shape index (κ1) is 19.1. The molecule has 1 N–H and O–H groups in total. The minimum absolute atomic E-state index is 0.0445. The highest BCUT2D eigenvalue weighted by Crippen LogP contribution is 2.30. The van der Waals surface area contributed by atoms with Crippen LogP contribution in [-0.2, 0) is 11.0 Å². The largest absolute Gasteiger partial charge is 0.496 e. The third-order valence-electron chi connectivity index (χ3n) is 3.54. The molecular weight excluding hydrogens is 345 g/mol. The Kier molecular flexibility index (Phi) is 5.68. The van der Waals surface area contributed by atoms with Crippen LogP contribution in [0.5, 0.6) is 5.75 Å². The Morgan fingerprint density at radius 2 is 1.96 bits per heavy atom. The zero-order valence-corrected chi connectivity index (χ0v) is 14.0. The number of nitriles is 1. The predicted octanol–water partition coefficient (Wildman–Crippen LogP) is 4.57. The van der Waals surface area contributed by atoms with Crippen molar-refractivity contribution in [1.82, 2.24) is 0 Å². The van der Waals surface area contributed by atoms with E-state index in [2.05, 4.69) is 5.32 Å². The van der Waals surface area contributed by atoms with Crippen molar-refractivity contribution in [2.24, 2.45) is 0 Å². The van der Waals surface area contributed by atoms with Crippen LogP contribution >= 0.6 is 0 Å². The number of carbonyl (C=O) groups excluding carboxylic acids is 1. The summed E-state index contributed by atoms with van der Waals surface area (Å²) in [5.41, 5.74) is 0.253. The zero-order chi connectivity index (χ0) is 19.3. The van der Waals surface area contributed by atoms with Crippen LogP contribution in [0.25, 0.3) is 6.08 Å². The lowest BCUT2D eigenvalue weighted by Crippen LogP contribution is -2.14. The van der Waals surface area contributed by atoms with E-state index in [1.54, 1.807) is 24.3 Å². The molecule has 0 spiro atoms. The summed E-state index contributed by atoms with van der Waals surface area (Å²) in [4.78, 5) is 12.2. The molecule has 0 atom stereocenters. The maximum absolute atomic E-state index is 12.7. The van der Waals surface area contributed by atoms with E-state index >= 15 is 0 Å². The first-order chi connectivity index (χ1) is 12.2. The number of amides is 1. The minimum atomic E-state index is -4.52. The van der Waals surface area contributed by atoms with Crippen molar-refractivity contribution in [3.8, 4) is 11.8 Å². The van der Waals surface area contributed by atoms with Crippen LogP contribution < -0.4 is 10.1 Å². The van der Waals surface area contributed by atoms with Gasteiger partial charge in [-0.05, 0) is 54.5 Å². The number of alkyl halides is 3. The fourth-order valence-corrected chi connectivity index (χ4v) is 2.28. The van der Waals surface area contributed by atoms with E-state index in [4.69, 9.17) is 4.74 Å². The summed E-state index contributed by atoms with van der Waals surface area (Å²) in [5.74, 6) is -0.130. The molecule has 0 saturated heterocycles. The van der Waals surface area contributed by atoms with Gasteiger partial charge in [-0.15, -0.1) is 0 Å². The predicted molar refractivity (Wildman–Crippen MR) is 91.4 cm³/mol. The van der Waals surface area contributed by atoms with Crippen LogP contribution in [-0.4, -0.2) is 13.0 Å². The van der Waals surface area contributed by atoms with Crippen molar-refractivity contribution in [1.29, 1.82) is 5.26 Å². The van der Waals surface area contributed by atoms with Crippen LogP contribution in [0.1, 0.15) is 16.7 Å². The minimum Gasteiger partial charge on any atom is -0.496 e. The molecule has 0 unspecified atom stereocenters. The number of benzene rings is 2. The second-order valence-corrected chi connectivity index (χ2v) is 5.43. The molecule has 26 heavy (non-hydrogen) atoms. The summed E-state index contributed by atoms with van der Waals surface area (Å²) in [5, 5.41) is 11.5. The molecule has 0 aliphatic heterocycles. The molecule has 0 aliphatic rings. The summed E-state index contributed by atoms with van der Waals surface area (Å²) in [7, 11) is 1.53. The second kappa shape index (κ2) is 7.74. The molecule has 0 aliphatic carbocycles. The molecule has 134 valence electrons. The molecule has 7 heteroatoms. The molecule has 4 nitrogen and oxygen atoms in total. The molecule has 0 heterocycles. The van der Waals surface area contributed by atoms with Gasteiger partial charge in [0, 0.05) is 5.69 Å². The Hall–Kier alpha value is -3.27. The lowest BCUT2D eigenvalue weighted by atomic mass is 10.1. The third kappa shape index (κ3) is 4.63. The topological polar surface area (TPSA) is 62.1 Å². The van der Waals surface area contributed by atoms with E-state index in [0.29, 0.717) is 11.3 Å². The molecule has 2 rings (SSSR count). The molecule has 0 fully saturated rings. The van der Waals surface area contributed by atoms with Crippen molar-refractivity contribution in [2.45, 2.75) is 13.1 Å². The van der Waals surface area contributed by atoms with Gasteiger partial charge >= 0.3 is 6.18 Å². The van der Waals surface area contributed by atoms with Gasteiger partial charge in [0.1, 0.15) is 17.4 Å². The van der Waals surface area contributed by atoms with Gasteiger partial charge in [0.25, 0.3) is 5.91 Å². The number of halogens is 3. The molecule has 0 aromatic heterocycles. The maximum atomic E-state index is 12.7. The molecule has 1 amide bonds. The number of rotatable bonds is 4. The summed E-state index contributed by atoms with van der Waals surface area (Å²) >= 11 is 0. The second-order valence-electron chi connectivity index (χ2n) is 5.43. The highest BCUT2D eigenvalue weighted by Gasteiger charge is 2.30. The molecule has 2 aromatic rings. The van der Waals surface area contributed by atoms with E-state index in [1.165, 1.54) is 25.3 Å². The third-order valence-corrected chi connectivity index (χ3v) is 3.54. The molecular formula is C19H15F3N2O2. The number of anilines is 1. The molecule has 0 radical (unpaired) electrons. The SMILES string of the molecule is COc1ccc(/C=C(\C#N)C(=O)Nc2cccc(C(F)(F)F)c2)cc1C. The number of nitrogens with zero attached hydrogens (tertiary/aromatic N) is 1. The van der Waals surface area contributed by atoms with Gasteiger partial charge in [0.15, 0.2) is 0 Å². The number of ether oxygens (including phenoxy) is 1. The lowest BCUT2D eigenvalue weighted by Gasteiger charge is -2.09. The van der Waals surface area contributed by atoms with Crippen molar-refractivity contribution in [2.75, 3.05) is 12.4 Å². The molecule has 2 aromatic carbocycles. The Labute approximate surface area is 148 Å². The zero-order valence-electron chi connectivity index (χ0n) is 14.0.